The Balaban J connectivity index is 1.82. The van der Waals surface area contributed by atoms with Crippen LogP contribution in [0.5, 0.6) is 0 Å². The van der Waals surface area contributed by atoms with E-state index in [1.165, 1.54) is 18.3 Å². The topological polar surface area (TPSA) is 106 Å². The Bertz CT molecular complexity index is 1130. The van der Waals surface area contributed by atoms with Crippen LogP contribution in [0.15, 0.2) is 52.9 Å². The number of hydrogen-bond acceptors (Lipinski definition) is 8. The molecule has 0 fully saturated rings. The predicted octanol–water partition coefficient (Wildman–Crippen LogP) is 3.52. The summed E-state index contributed by atoms with van der Waals surface area (Å²) in [6.07, 6.45) is 1.47. The molecule has 30 heavy (non-hydrogen) atoms. The number of carbonyl (C=O) groups excluding carboxylic acids is 2. The second kappa shape index (κ2) is 9.37. The largest absolute Gasteiger partial charge is 0.462 e. The van der Waals surface area contributed by atoms with Gasteiger partial charge in [0.2, 0.25) is 5.91 Å². The molecule has 158 valence electrons. The molecule has 3 aromatic rings. The van der Waals surface area contributed by atoms with E-state index in [1.54, 1.807) is 43.5 Å². The van der Waals surface area contributed by atoms with Gasteiger partial charge in [-0.25, -0.2) is 22.5 Å². The van der Waals surface area contributed by atoms with Gasteiger partial charge < -0.3 is 10.1 Å². The van der Waals surface area contributed by atoms with Crippen LogP contribution in [0.1, 0.15) is 22.2 Å². The Morgan fingerprint density at radius 3 is 2.60 bits per heavy atom. The molecule has 11 heteroatoms. The number of hydrogen-bond donors (Lipinski definition) is 1. The average molecular weight is 466 g/mol. The van der Waals surface area contributed by atoms with E-state index in [9.17, 15) is 18.0 Å². The summed E-state index contributed by atoms with van der Waals surface area (Å²) in [5.74, 6) is -1.02. The van der Waals surface area contributed by atoms with Crippen molar-refractivity contribution in [3.05, 3.63) is 58.4 Å². The summed E-state index contributed by atoms with van der Waals surface area (Å²) in [4.78, 5) is 29.1. The number of aromatic nitrogens is 1. The number of benzene rings is 1. The number of rotatable bonds is 8. The van der Waals surface area contributed by atoms with Crippen molar-refractivity contribution in [2.45, 2.75) is 18.7 Å². The fourth-order valence-corrected chi connectivity index (χ4v) is 5.81. The highest BCUT2D eigenvalue weighted by molar-refractivity contribution is 7.93. The molecule has 0 aliphatic rings. The molecule has 0 bridgehead atoms. The van der Waals surface area contributed by atoms with Gasteiger partial charge in [-0.1, -0.05) is 18.2 Å². The van der Waals surface area contributed by atoms with Crippen molar-refractivity contribution in [3.8, 4) is 0 Å². The molecule has 2 heterocycles. The highest BCUT2D eigenvalue weighted by Gasteiger charge is 2.29. The maximum Gasteiger partial charge on any atom is 0.348 e. The summed E-state index contributed by atoms with van der Waals surface area (Å²) in [5, 5.41) is 4.90. The summed E-state index contributed by atoms with van der Waals surface area (Å²) in [6, 6.07) is 9.49. The van der Waals surface area contributed by atoms with Crippen molar-refractivity contribution in [2.75, 3.05) is 22.8 Å². The van der Waals surface area contributed by atoms with Crippen LogP contribution in [0.25, 0.3) is 0 Å². The first-order valence-corrected chi connectivity index (χ1v) is 12.0. The monoisotopic (exact) mass is 465 g/mol. The molecule has 0 aliphatic heterocycles. The number of thiazole rings is 1. The SMILES string of the molecule is CCOC(=O)c1sc(NC(=O)CN(c2nccs2)S(=O)(=O)c2ccccc2)cc1C. The summed E-state index contributed by atoms with van der Waals surface area (Å²) >= 11 is 2.19. The van der Waals surface area contributed by atoms with Gasteiger partial charge in [-0.05, 0) is 37.6 Å². The van der Waals surface area contributed by atoms with E-state index in [1.807, 2.05) is 0 Å². The molecular weight excluding hydrogens is 446 g/mol. The van der Waals surface area contributed by atoms with Gasteiger partial charge in [-0.2, -0.15) is 0 Å². The molecule has 0 atom stereocenters. The molecular formula is C19H19N3O5S3. The number of anilines is 2. The van der Waals surface area contributed by atoms with Gasteiger partial charge >= 0.3 is 5.97 Å². The van der Waals surface area contributed by atoms with Gasteiger partial charge in [0.15, 0.2) is 5.13 Å². The minimum Gasteiger partial charge on any atom is -0.462 e. The first kappa shape index (κ1) is 21.9. The lowest BCUT2D eigenvalue weighted by molar-refractivity contribution is -0.114. The number of esters is 1. The van der Waals surface area contributed by atoms with Crippen LogP contribution in [0.3, 0.4) is 0 Å². The highest BCUT2D eigenvalue weighted by Crippen LogP contribution is 2.28. The van der Waals surface area contributed by atoms with Crippen LogP contribution in [0.2, 0.25) is 0 Å². The summed E-state index contributed by atoms with van der Waals surface area (Å²) in [5.41, 5.74) is 0.669. The molecule has 1 amide bonds. The lowest BCUT2D eigenvalue weighted by Gasteiger charge is -2.21. The van der Waals surface area contributed by atoms with E-state index < -0.39 is 28.4 Å². The lowest BCUT2D eigenvalue weighted by atomic mass is 10.3. The Labute approximate surface area is 182 Å². The highest BCUT2D eigenvalue weighted by atomic mass is 32.2. The minimum atomic E-state index is -3.99. The van der Waals surface area contributed by atoms with Crippen molar-refractivity contribution < 1.29 is 22.7 Å². The van der Waals surface area contributed by atoms with Gasteiger partial charge in [-0.15, -0.1) is 22.7 Å². The van der Waals surface area contributed by atoms with Crippen molar-refractivity contribution in [3.63, 3.8) is 0 Å². The number of sulfonamides is 1. The standard InChI is InChI=1S/C19H19N3O5S3/c1-3-27-18(24)17-13(2)11-16(29-17)21-15(23)12-22(19-20-9-10-28-19)30(25,26)14-7-5-4-6-8-14/h4-11H,3,12H2,1-2H3,(H,21,23). The molecule has 0 unspecified atom stereocenters. The number of thiophene rings is 1. The number of nitrogens with zero attached hydrogens (tertiary/aromatic N) is 2. The van der Waals surface area contributed by atoms with Crippen LogP contribution in [0, 0.1) is 6.92 Å². The molecule has 0 spiro atoms. The zero-order valence-corrected chi connectivity index (χ0v) is 18.6. The minimum absolute atomic E-state index is 0.0598. The molecule has 3 rings (SSSR count). The molecule has 0 saturated carbocycles. The third kappa shape index (κ3) is 4.86. The number of nitrogens with one attached hydrogen (secondary N) is 1. The second-order valence-electron chi connectivity index (χ2n) is 6.03. The Hall–Kier alpha value is -2.76. The second-order valence-corrected chi connectivity index (χ2v) is 9.82. The first-order valence-electron chi connectivity index (χ1n) is 8.87. The van der Waals surface area contributed by atoms with Gasteiger partial charge in [0.05, 0.1) is 16.5 Å². The molecule has 1 N–H and O–H groups in total. The molecule has 1 aromatic carbocycles. The number of aryl methyl sites for hydroxylation is 1. The van der Waals surface area contributed by atoms with Crippen molar-refractivity contribution in [1.82, 2.24) is 4.98 Å². The smallest absolute Gasteiger partial charge is 0.348 e. The Morgan fingerprint density at radius 1 is 1.23 bits per heavy atom. The zero-order chi connectivity index (χ0) is 21.7. The molecule has 0 saturated heterocycles. The van der Waals surface area contributed by atoms with Crippen LogP contribution in [0.4, 0.5) is 10.1 Å². The van der Waals surface area contributed by atoms with Crippen molar-refractivity contribution >= 4 is 54.7 Å². The molecule has 2 aromatic heterocycles. The fraction of sp³-hybridized carbons (Fsp3) is 0.211. The van der Waals surface area contributed by atoms with E-state index in [0.717, 1.165) is 27.0 Å². The Morgan fingerprint density at radius 2 is 1.97 bits per heavy atom. The van der Waals surface area contributed by atoms with Gasteiger partial charge in [0, 0.05) is 11.6 Å². The molecule has 8 nitrogen and oxygen atoms in total. The number of amides is 1. The zero-order valence-electron chi connectivity index (χ0n) is 16.2. The molecule has 0 radical (unpaired) electrons. The normalized spacial score (nSPS) is 11.1. The lowest BCUT2D eigenvalue weighted by Crippen LogP contribution is -2.38. The fourth-order valence-electron chi connectivity index (χ4n) is 2.56. The Kier molecular flexibility index (Phi) is 6.85. The number of ether oxygens (including phenoxy) is 1. The van der Waals surface area contributed by atoms with Crippen LogP contribution in [-0.2, 0) is 19.6 Å². The maximum absolute atomic E-state index is 13.1. The van der Waals surface area contributed by atoms with E-state index in [4.69, 9.17) is 4.74 Å². The summed E-state index contributed by atoms with van der Waals surface area (Å²) < 4.78 is 32.2. The average Bonchev–Trinajstić information content (AvgIpc) is 3.36. The van der Waals surface area contributed by atoms with Crippen molar-refractivity contribution in [1.29, 1.82) is 0 Å². The third-order valence-corrected chi connectivity index (χ3v) is 7.69. The summed E-state index contributed by atoms with van der Waals surface area (Å²) in [6.45, 7) is 3.23. The van der Waals surface area contributed by atoms with Gasteiger partial charge in [0.25, 0.3) is 10.0 Å². The maximum atomic E-state index is 13.1. The van der Waals surface area contributed by atoms with Gasteiger partial charge in [-0.3, -0.25) is 4.79 Å². The van der Waals surface area contributed by atoms with Crippen LogP contribution < -0.4 is 9.62 Å². The van der Waals surface area contributed by atoms with E-state index >= 15 is 0 Å². The van der Waals surface area contributed by atoms with Crippen LogP contribution >= 0.6 is 22.7 Å². The van der Waals surface area contributed by atoms with Crippen LogP contribution in [-0.4, -0.2) is 38.4 Å². The van der Waals surface area contributed by atoms with E-state index in [2.05, 4.69) is 10.3 Å². The van der Waals surface area contributed by atoms with Crippen molar-refractivity contribution in [2.24, 2.45) is 0 Å². The first-order chi connectivity index (χ1) is 14.3. The third-order valence-electron chi connectivity index (χ3n) is 3.89. The quantitative estimate of drug-likeness (QED) is 0.510. The van der Waals surface area contributed by atoms with E-state index in [-0.39, 0.29) is 16.6 Å². The molecule has 0 aliphatic carbocycles. The van der Waals surface area contributed by atoms with E-state index in [0.29, 0.717) is 15.4 Å². The number of carbonyl (C=O) groups is 2. The predicted molar refractivity (Wildman–Crippen MR) is 117 cm³/mol. The summed E-state index contributed by atoms with van der Waals surface area (Å²) in [7, 11) is -3.99. The van der Waals surface area contributed by atoms with Gasteiger partial charge in [0.1, 0.15) is 11.4 Å².